The highest BCUT2D eigenvalue weighted by Crippen LogP contribution is 2.44. The molecule has 3 heterocycles. The van der Waals surface area contributed by atoms with Gasteiger partial charge in [0, 0.05) is 37.7 Å². The highest BCUT2D eigenvalue weighted by Gasteiger charge is 2.34. The number of amides is 1. The second-order valence-corrected chi connectivity index (χ2v) is 11.0. The fourth-order valence-corrected chi connectivity index (χ4v) is 5.16. The summed E-state index contributed by atoms with van der Waals surface area (Å²) in [7, 11) is 0. The van der Waals surface area contributed by atoms with Crippen molar-refractivity contribution in [3.05, 3.63) is 26.0 Å². The molecule has 0 unspecified atom stereocenters. The summed E-state index contributed by atoms with van der Waals surface area (Å²) >= 11 is 10.0. The van der Waals surface area contributed by atoms with E-state index in [4.69, 9.17) is 21.1 Å². The maximum atomic E-state index is 13.3. The Morgan fingerprint density at radius 2 is 2.12 bits per heavy atom. The molecule has 2 aliphatic rings. The molecule has 1 aromatic heterocycles. The highest BCUT2D eigenvalue weighted by atomic mass is 79.9. The number of benzene rings is 1. The second-order valence-electron chi connectivity index (χ2n) is 9.79. The van der Waals surface area contributed by atoms with Gasteiger partial charge in [0.05, 0.1) is 15.5 Å². The normalized spacial score (nSPS) is 20.4. The smallest absolute Gasteiger partial charge is 0.410 e. The molecule has 0 spiro atoms. The summed E-state index contributed by atoms with van der Waals surface area (Å²) in [4.78, 5) is 34.1. The number of aromatic nitrogens is 2. The summed E-state index contributed by atoms with van der Waals surface area (Å²) in [6.45, 7) is 9.22. The van der Waals surface area contributed by atoms with Crippen LogP contribution in [0.1, 0.15) is 46.6 Å². The Kier molecular flexibility index (Phi) is 7.04. The molecule has 2 aromatic rings. The van der Waals surface area contributed by atoms with Crippen LogP contribution in [0.4, 0.5) is 10.6 Å². The molecule has 11 heteroatoms. The van der Waals surface area contributed by atoms with Gasteiger partial charge in [-0.05, 0) is 62.5 Å². The van der Waals surface area contributed by atoms with Crippen LogP contribution in [-0.4, -0.2) is 70.1 Å². The Labute approximate surface area is 211 Å². The molecular formula is C23H30BrClN4O5. The van der Waals surface area contributed by atoms with E-state index in [1.807, 2.05) is 32.6 Å². The molecule has 0 saturated carbocycles. The molecule has 0 radical (unpaired) electrons. The van der Waals surface area contributed by atoms with E-state index < -0.39 is 5.60 Å². The molecule has 1 N–H and O–H groups in total. The third-order valence-corrected chi connectivity index (χ3v) is 7.39. The minimum atomic E-state index is -0.569. The Morgan fingerprint density at radius 1 is 1.38 bits per heavy atom. The summed E-state index contributed by atoms with van der Waals surface area (Å²) in [5.41, 5.74) is -0.297. The first kappa shape index (κ1) is 25.1. The van der Waals surface area contributed by atoms with Gasteiger partial charge in [0.15, 0.2) is 5.75 Å². The molecule has 1 aromatic carbocycles. The maximum Gasteiger partial charge on any atom is 0.410 e. The van der Waals surface area contributed by atoms with Crippen molar-refractivity contribution >= 4 is 50.3 Å². The number of hydrogen-bond acceptors (Lipinski definition) is 7. The molecule has 2 atom stereocenters. The number of aliphatic hydroxyl groups is 1. The van der Waals surface area contributed by atoms with Gasteiger partial charge >= 0.3 is 11.8 Å². The van der Waals surface area contributed by atoms with E-state index in [-0.39, 0.29) is 30.5 Å². The van der Waals surface area contributed by atoms with Crippen molar-refractivity contribution in [3.63, 3.8) is 0 Å². The lowest BCUT2D eigenvalue weighted by Crippen LogP contribution is -2.55. The van der Waals surface area contributed by atoms with E-state index in [1.165, 1.54) is 0 Å². The van der Waals surface area contributed by atoms with Crippen LogP contribution in [0.5, 0.6) is 5.75 Å². The molecule has 1 saturated heterocycles. The van der Waals surface area contributed by atoms with Gasteiger partial charge in [0.1, 0.15) is 23.5 Å². The number of piperazine rings is 1. The standard InChI is InChI=1S/C23H30BrClN4O5/c1-13-11-27(22(32)34-23(2,3)4)7-8-28(13)20-15-10-16(25)17(24)19-18(15)29(21(31)26-20)14(12-33-19)6-5-9-30/h10,13-14,30H,5-9,11-12H2,1-4H3/t13-,14+/m0/s1. The minimum Gasteiger partial charge on any atom is -0.488 e. The zero-order valence-corrected chi connectivity index (χ0v) is 22.1. The lowest BCUT2D eigenvalue weighted by Gasteiger charge is -2.41. The molecule has 2 aliphatic heterocycles. The van der Waals surface area contributed by atoms with Crippen LogP contribution in [0.2, 0.25) is 5.02 Å². The number of carbonyl (C=O) groups excluding carboxylic acids is 1. The Hall–Kier alpha value is -2.04. The number of nitrogens with zero attached hydrogens (tertiary/aromatic N) is 4. The SMILES string of the molecule is C[C@H]1CN(C(=O)OC(C)(C)C)CCN1c1nc(=O)n2c3c(c(Br)c(Cl)cc13)OC[C@H]2CCCO. The Balaban J connectivity index is 1.74. The van der Waals surface area contributed by atoms with Crippen LogP contribution in [0.25, 0.3) is 10.9 Å². The lowest BCUT2D eigenvalue weighted by atomic mass is 10.1. The average Bonchev–Trinajstić information content (AvgIpc) is 2.76. The van der Waals surface area contributed by atoms with Crippen molar-refractivity contribution in [2.75, 3.05) is 37.7 Å². The summed E-state index contributed by atoms with van der Waals surface area (Å²) in [6.07, 6.45) is 0.797. The molecule has 0 bridgehead atoms. The first-order valence-corrected chi connectivity index (χ1v) is 12.6. The zero-order chi connectivity index (χ0) is 24.8. The van der Waals surface area contributed by atoms with E-state index in [2.05, 4.69) is 20.9 Å². The second kappa shape index (κ2) is 9.54. The topological polar surface area (TPSA) is 97.1 Å². The van der Waals surface area contributed by atoms with Gasteiger partial charge in [-0.2, -0.15) is 4.98 Å². The highest BCUT2D eigenvalue weighted by molar-refractivity contribution is 9.10. The van der Waals surface area contributed by atoms with Crippen molar-refractivity contribution < 1.29 is 19.4 Å². The van der Waals surface area contributed by atoms with Crippen molar-refractivity contribution in [1.29, 1.82) is 0 Å². The molecule has 186 valence electrons. The third kappa shape index (κ3) is 4.72. The van der Waals surface area contributed by atoms with Crippen LogP contribution in [0.3, 0.4) is 0 Å². The number of aliphatic hydroxyl groups excluding tert-OH is 1. The van der Waals surface area contributed by atoms with E-state index in [0.29, 0.717) is 71.0 Å². The monoisotopic (exact) mass is 556 g/mol. The molecule has 34 heavy (non-hydrogen) atoms. The van der Waals surface area contributed by atoms with Gasteiger partial charge in [-0.1, -0.05) is 11.6 Å². The summed E-state index contributed by atoms with van der Waals surface area (Å²) < 4.78 is 13.8. The lowest BCUT2D eigenvalue weighted by molar-refractivity contribution is 0.0218. The molecular weight excluding hydrogens is 528 g/mol. The number of carbonyl (C=O) groups is 1. The van der Waals surface area contributed by atoms with Crippen LogP contribution < -0.4 is 15.3 Å². The summed E-state index contributed by atoms with van der Waals surface area (Å²) in [5, 5.41) is 10.5. The van der Waals surface area contributed by atoms with Crippen LogP contribution in [-0.2, 0) is 4.74 Å². The number of rotatable bonds is 4. The van der Waals surface area contributed by atoms with Crippen LogP contribution in [0, 0.1) is 0 Å². The fourth-order valence-electron chi connectivity index (χ4n) is 4.55. The number of hydrogen-bond donors (Lipinski definition) is 1. The predicted molar refractivity (Wildman–Crippen MR) is 134 cm³/mol. The van der Waals surface area contributed by atoms with E-state index in [0.717, 1.165) is 0 Å². The Bertz CT molecular complexity index is 1160. The average molecular weight is 558 g/mol. The van der Waals surface area contributed by atoms with Crippen LogP contribution in [0.15, 0.2) is 15.3 Å². The first-order chi connectivity index (χ1) is 16.0. The number of halogens is 2. The van der Waals surface area contributed by atoms with Gasteiger partial charge in [-0.25, -0.2) is 9.59 Å². The molecule has 1 fully saturated rings. The molecule has 4 rings (SSSR count). The minimum absolute atomic E-state index is 0.0382. The van der Waals surface area contributed by atoms with Gasteiger partial charge in [-0.15, -0.1) is 0 Å². The molecule has 9 nitrogen and oxygen atoms in total. The van der Waals surface area contributed by atoms with Gasteiger partial charge in [0.2, 0.25) is 0 Å². The number of ether oxygens (including phenoxy) is 2. The van der Waals surface area contributed by atoms with E-state index >= 15 is 0 Å². The van der Waals surface area contributed by atoms with Crippen LogP contribution >= 0.6 is 27.5 Å². The number of anilines is 1. The van der Waals surface area contributed by atoms with E-state index in [9.17, 15) is 14.7 Å². The molecule has 0 aliphatic carbocycles. The van der Waals surface area contributed by atoms with Crippen molar-refractivity contribution in [2.45, 2.75) is 58.2 Å². The zero-order valence-electron chi connectivity index (χ0n) is 19.8. The fraction of sp³-hybridized carbons (Fsp3) is 0.609. The Morgan fingerprint density at radius 3 is 2.76 bits per heavy atom. The summed E-state index contributed by atoms with van der Waals surface area (Å²) in [5.74, 6) is 1.04. The van der Waals surface area contributed by atoms with Gasteiger partial charge in [-0.3, -0.25) is 4.57 Å². The van der Waals surface area contributed by atoms with Crippen molar-refractivity contribution in [2.24, 2.45) is 0 Å². The largest absolute Gasteiger partial charge is 0.488 e. The summed E-state index contributed by atoms with van der Waals surface area (Å²) in [6, 6.07) is 1.46. The van der Waals surface area contributed by atoms with E-state index in [1.54, 1.807) is 15.5 Å². The van der Waals surface area contributed by atoms with Gasteiger partial charge in [0.25, 0.3) is 0 Å². The third-order valence-electron chi connectivity index (χ3n) is 6.07. The van der Waals surface area contributed by atoms with Crippen molar-refractivity contribution in [1.82, 2.24) is 14.5 Å². The van der Waals surface area contributed by atoms with Gasteiger partial charge < -0.3 is 24.4 Å². The predicted octanol–water partition coefficient (Wildman–Crippen LogP) is 3.96. The molecule has 1 amide bonds. The first-order valence-electron chi connectivity index (χ1n) is 11.4. The maximum absolute atomic E-state index is 13.3. The quantitative estimate of drug-likeness (QED) is 0.608. The van der Waals surface area contributed by atoms with Crippen molar-refractivity contribution in [3.8, 4) is 5.75 Å².